The topological polar surface area (TPSA) is 373 Å². The Balaban J connectivity index is 1.43. The van der Waals surface area contributed by atoms with Crippen LogP contribution in [0.25, 0.3) is 0 Å². The molecule has 2 amide bonds. The summed E-state index contributed by atoms with van der Waals surface area (Å²) < 4.78 is 35.0. The number of unbranched alkanes of at least 4 members (excludes halogenated alkanes) is 50. The van der Waals surface area contributed by atoms with Crippen LogP contribution in [0.5, 0.6) is 0 Å². The molecule has 0 spiro atoms. The van der Waals surface area contributed by atoms with Gasteiger partial charge in [-0.3, -0.25) is 9.59 Å². The summed E-state index contributed by atoms with van der Waals surface area (Å²) >= 11 is 0. The molecule has 3 saturated heterocycles. The van der Waals surface area contributed by atoms with Crippen LogP contribution < -0.4 is 10.6 Å². The van der Waals surface area contributed by atoms with Crippen LogP contribution in [0.4, 0.5) is 0 Å². The van der Waals surface area contributed by atoms with Gasteiger partial charge in [0, 0.05) is 19.8 Å². The number of rotatable bonds is 74. The predicted molar refractivity (Wildman–Crippen MR) is 444 cm³/mol. The van der Waals surface area contributed by atoms with E-state index in [0.717, 1.165) is 58.3 Å². The first kappa shape index (κ1) is 104. The molecule has 662 valence electrons. The monoisotopic (exact) mass is 1610 g/mol. The van der Waals surface area contributed by atoms with Crippen molar-refractivity contribution in [2.45, 2.75) is 490 Å². The summed E-state index contributed by atoms with van der Waals surface area (Å²) in [5.41, 5.74) is 0. The molecule has 0 aromatic carbocycles. The lowest BCUT2D eigenvalue weighted by Gasteiger charge is -2.50. The molecule has 3 heterocycles. The lowest BCUT2D eigenvalue weighted by atomic mass is 9.88. The maximum Gasteiger partial charge on any atom is 0.364 e. The zero-order valence-electron chi connectivity index (χ0n) is 70.7. The van der Waals surface area contributed by atoms with E-state index in [1.165, 1.54) is 283 Å². The molecule has 14 N–H and O–H groups in total. The van der Waals surface area contributed by atoms with Gasteiger partial charge in [0.05, 0.1) is 50.7 Å². The number of carboxylic acid groups (broad SMARTS) is 1. The van der Waals surface area contributed by atoms with Gasteiger partial charge in [-0.2, -0.15) is 0 Å². The van der Waals surface area contributed by atoms with Crippen molar-refractivity contribution in [2.24, 2.45) is 0 Å². The Labute approximate surface area is 682 Å². The molecule has 3 fully saturated rings. The van der Waals surface area contributed by atoms with Crippen LogP contribution in [0.3, 0.4) is 0 Å². The van der Waals surface area contributed by atoms with Gasteiger partial charge in [0.25, 0.3) is 5.79 Å². The summed E-state index contributed by atoms with van der Waals surface area (Å²) in [5, 5.41) is 137. The van der Waals surface area contributed by atoms with Crippen LogP contribution in [0.2, 0.25) is 0 Å². The zero-order chi connectivity index (χ0) is 82.4. The fourth-order valence-corrected chi connectivity index (χ4v) is 15.9. The quantitative estimate of drug-likeness (QED) is 0.0199. The van der Waals surface area contributed by atoms with Crippen molar-refractivity contribution in [3.63, 3.8) is 0 Å². The average molecular weight is 1610 g/mol. The second-order valence-corrected chi connectivity index (χ2v) is 33.2. The molecular formula is C90H166N2O21. The van der Waals surface area contributed by atoms with Crippen molar-refractivity contribution in [2.75, 3.05) is 26.4 Å². The van der Waals surface area contributed by atoms with Gasteiger partial charge in [0.15, 0.2) is 12.6 Å². The molecule has 0 aromatic heterocycles. The highest BCUT2D eigenvalue weighted by atomic mass is 16.8. The van der Waals surface area contributed by atoms with Crippen LogP contribution in [0.1, 0.15) is 380 Å². The number of carbonyl (C=O) groups excluding carboxylic acids is 2. The van der Waals surface area contributed by atoms with Gasteiger partial charge in [-0.05, 0) is 51.4 Å². The molecule has 3 aliphatic rings. The maximum atomic E-state index is 13.6. The Bertz CT molecular complexity index is 2370. The molecule has 0 bridgehead atoms. The average Bonchev–Trinajstić information content (AvgIpc) is 0.754. The number of aliphatic hydroxyl groups excluding tert-OH is 11. The molecule has 0 saturated carbocycles. The van der Waals surface area contributed by atoms with Gasteiger partial charge in [0.1, 0.15) is 67.1 Å². The third-order valence-corrected chi connectivity index (χ3v) is 23.1. The number of carbonyl (C=O) groups is 3. The molecule has 23 nitrogen and oxygen atoms in total. The maximum absolute atomic E-state index is 13.6. The lowest BCUT2D eigenvalue weighted by Crippen LogP contribution is -2.70. The third-order valence-electron chi connectivity index (χ3n) is 23.1. The zero-order valence-corrected chi connectivity index (χ0v) is 70.7. The van der Waals surface area contributed by atoms with Crippen molar-refractivity contribution < 1.29 is 104 Å². The summed E-state index contributed by atoms with van der Waals surface area (Å²) in [5.74, 6) is -6.14. The SMILES string of the molecule is CCCCCCCCCCCCCCC/C=C\C/C=C\CCCCCCCCCCCCCCCCCCCC(=O)NC(COC1OC(CO)C(OC2OC(CO)C(O)C(OC3(C(=O)O)CC(O)C(NC(C)=O)C(C(O)C(O)CO)O3)C2O)C(O)C1O)C(O)/C=C/CCCCCCCCCCCCCCCCCCCCCC. The Hall–Kier alpha value is -3.05. The Kier molecular flexibility index (Phi) is 62.4. The van der Waals surface area contributed by atoms with Crippen molar-refractivity contribution in [1.82, 2.24) is 10.6 Å². The van der Waals surface area contributed by atoms with E-state index in [2.05, 4.69) is 48.8 Å². The Morgan fingerprint density at radius 3 is 1.25 bits per heavy atom. The first-order chi connectivity index (χ1) is 54.9. The number of hydrogen-bond donors (Lipinski definition) is 14. The summed E-state index contributed by atoms with van der Waals surface area (Å²) in [6.45, 7) is 2.21. The molecule has 3 rings (SSSR count). The third kappa shape index (κ3) is 46.4. The summed E-state index contributed by atoms with van der Waals surface area (Å²) in [6, 6.07) is -2.62. The van der Waals surface area contributed by atoms with Gasteiger partial charge in [-0.15, -0.1) is 0 Å². The highest BCUT2D eigenvalue weighted by Gasteiger charge is 2.60. The van der Waals surface area contributed by atoms with Crippen LogP contribution in [0.15, 0.2) is 36.5 Å². The van der Waals surface area contributed by atoms with E-state index in [0.29, 0.717) is 12.8 Å². The minimum absolute atomic E-state index is 0.202. The van der Waals surface area contributed by atoms with Gasteiger partial charge in [-0.25, -0.2) is 4.79 Å². The van der Waals surface area contributed by atoms with E-state index in [1.807, 2.05) is 6.08 Å². The van der Waals surface area contributed by atoms with E-state index in [9.17, 15) is 75.7 Å². The number of allylic oxidation sites excluding steroid dienone is 5. The predicted octanol–water partition coefficient (Wildman–Crippen LogP) is 14.8. The van der Waals surface area contributed by atoms with Crippen LogP contribution in [-0.2, 0) is 42.8 Å². The molecule has 3 aliphatic heterocycles. The largest absolute Gasteiger partial charge is 0.477 e. The number of ether oxygens (including phenoxy) is 6. The van der Waals surface area contributed by atoms with Crippen molar-refractivity contribution in [3.8, 4) is 0 Å². The van der Waals surface area contributed by atoms with Crippen LogP contribution in [0, 0.1) is 0 Å². The first-order valence-corrected chi connectivity index (χ1v) is 45.9. The van der Waals surface area contributed by atoms with Gasteiger partial charge >= 0.3 is 5.97 Å². The highest BCUT2D eigenvalue weighted by Crippen LogP contribution is 2.39. The van der Waals surface area contributed by atoms with Gasteiger partial charge in [-0.1, -0.05) is 346 Å². The van der Waals surface area contributed by atoms with E-state index in [1.54, 1.807) is 6.08 Å². The number of amides is 2. The summed E-state index contributed by atoms with van der Waals surface area (Å²) in [7, 11) is 0. The smallest absolute Gasteiger partial charge is 0.364 e. The Morgan fingerprint density at radius 1 is 0.469 bits per heavy atom. The van der Waals surface area contributed by atoms with Gasteiger partial charge in [0.2, 0.25) is 11.8 Å². The number of carboxylic acids is 1. The summed E-state index contributed by atoms with van der Waals surface area (Å²) in [6.07, 6.45) is 52.0. The Morgan fingerprint density at radius 2 is 0.858 bits per heavy atom. The van der Waals surface area contributed by atoms with Crippen molar-refractivity contribution in [1.29, 1.82) is 0 Å². The molecule has 18 unspecified atom stereocenters. The van der Waals surface area contributed by atoms with Crippen LogP contribution >= 0.6 is 0 Å². The van der Waals surface area contributed by atoms with Gasteiger partial charge < -0.3 is 100 Å². The normalized spacial score (nSPS) is 25.4. The lowest BCUT2D eigenvalue weighted by molar-refractivity contribution is -0.386. The first-order valence-electron chi connectivity index (χ1n) is 45.9. The standard InChI is InChI=1S/C90H166N2O21/c1-4-6-8-10-12-14-16-18-20-22-24-26-28-29-30-31-32-33-34-35-36-37-38-39-40-41-42-44-46-48-50-52-54-56-58-60-62-64-77(100)92-71(72(97)63-61-59-57-55-53-51-49-47-45-43-27-25-23-21-19-17-15-13-11-9-7-5-2)69-108-87-82(104)81(103)84(76(68-95)110-87)111-88-83(105)86(80(102)75(67-94)109-88)113-90(89(106)107)65-73(98)78(91-70(3)96)85(112-90)79(101)74(99)66-93/h30-31,33-34,61,63,71-76,78-88,93-95,97-99,101-105H,4-29,32,35-60,62,64-69H2,1-3H3,(H,91,96)(H,92,100)(H,106,107)/b31-30-,34-33-,63-61+. The molecule has 0 radical (unpaired) electrons. The van der Waals surface area contributed by atoms with E-state index < -0.39 is 155 Å². The molecular weight excluding hydrogens is 1440 g/mol. The van der Waals surface area contributed by atoms with Crippen molar-refractivity contribution >= 4 is 17.8 Å². The molecule has 23 heteroatoms. The van der Waals surface area contributed by atoms with E-state index in [4.69, 9.17) is 28.4 Å². The second-order valence-electron chi connectivity index (χ2n) is 33.2. The highest BCUT2D eigenvalue weighted by molar-refractivity contribution is 5.77. The van der Waals surface area contributed by atoms with Crippen molar-refractivity contribution in [3.05, 3.63) is 36.5 Å². The minimum atomic E-state index is -3.08. The molecule has 18 atom stereocenters. The fourth-order valence-electron chi connectivity index (χ4n) is 15.9. The molecule has 0 aliphatic carbocycles. The number of hydrogen-bond acceptors (Lipinski definition) is 20. The minimum Gasteiger partial charge on any atom is -0.477 e. The summed E-state index contributed by atoms with van der Waals surface area (Å²) in [4.78, 5) is 38.8. The van der Waals surface area contributed by atoms with E-state index >= 15 is 0 Å². The number of aliphatic carboxylic acids is 1. The number of aliphatic hydroxyl groups is 11. The molecule has 0 aromatic rings. The fraction of sp³-hybridized carbons (Fsp3) is 0.900. The molecule has 113 heavy (non-hydrogen) atoms. The second kappa shape index (κ2) is 67.7. The number of nitrogens with one attached hydrogen (secondary N) is 2. The van der Waals surface area contributed by atoms with Crippen LogP contribution in [-0.4, -0.2) is 215 Å². The van der Waals surface area contributed by atoms with E-state index in [-0.39, 0.29) is 12.3 Å².